The zero-order valence-electron chi connectivity index (χ0n) is 18.0. The normalized spacial score (nSPS) is 21.5. The summed E-state index contributed by atoms with van der Waals surface area (Å²) in [4.78, 5) is 40.8. The van der Waals surface area contributed by atoms with Gasteiger partial charge >= 0.3 is 0 Å². The molecular formula is C24H24ClN3O4. The van der Waals surface area contributed by atoms with Crippen LogP contribution in [0.1, 0.15) is 31.4 Å². The number of hydrogen-bond acceptors (Lipinski definition) is 5. The second kappa shape index (κ2) is 8.74. The van der Waals surface area contributed by atoms with Gasteiger partial charge in [-0.1, -0.05) is 37.6 Å². The first-order chi connectivity index (χ1) is 15.2. The summed E-state index contributed by atoms with van der Waals surface area (Å²) < 4.78 is 0. The van der Waals surface area contributed by atoms with Crippen molar-refractivity contribution < 1.29 is 14.5 Å². The van der Waals surface area contributed by atoms with Gasteiger partial charge in [-0.3, -0.25) is 24.6 Å². The summed E-state index contributed by atoms with van der Waals surface area (Å²) in [5.41, 5.74) is 1.93. The maximum absolute atomic E-state index is 13.5. The van der Waals surface area contributed by atoms with Crippen LogP contribution in [0.25, 0.3) is 5.57 Å². The molecule has 166 valence electrons. The van der Waals surface area contributed by atoms with E-state index in [4.69, 9.17) is 11.6 Å². The van der Waals surface area contributed by atoms with Crippen molar-refractivity contribution in [2.75, 3.05) is 13.1 Å². The molecule has 0 aromatic heterocycles. The number of carbonyl (C=O) groups excluding carboxylic acids is 2. The van der Waals surface area contributed by atoms with E-state index in [0.29, 0.717) is 46.8 Å². The van der Waals surface area contributed by atoms with Crippen LogP contribution in [0.4, 0.5) is 5.69 Å². The molecule has 0 radical (unpaired) electrons. The molecule has 0 spiro atoms. The fraction of sp³-hybridized carbons (Fsp3) is 0.333. The third kappa shape index (κ3) is 4.25. The van der Waals surface area contributed by atoms with Gasteiger partial charge in [0, 0.05) is 30.2 Å². The molecule has 8 heteroatoms. The minimum absolute atomic E-state index is 0.0640. The van der Waals surface area contributed by atoms with Crippen molar-refractivity contribution in [1.82, 2.24) is 9.80 Å². The van der Waals surface area contributed by atoms with Gasteiger partial charge in [0.15, 0.2) is 0 Å². The van der Waals surface area contributed by atoms with E-state index in [-0.39, 0.29) is 24.0 Å². The maximum Gasteiger partial charge on any atom is 0.278 e. The van der Waals surface area contributed by atoms with Crippen LogP contribution in [-0.2, 0) is 16.1 Å². The molecule has 0 aliphatic carbocycles. The lowest BCUT2D eigenvalue weighted by atomic mass is 9.91. The highest BCUT2D eigenvalue weighted by Gasteiger charge is 2.42. The molecule has 2 amide bonds. The monoisotopic (exact) mass is 453 g/mol. The summed E-state index contributed by atoms with van der Waals surface area (Å²) in [6.07, 6.45) is 1.06. The average molecular weight is 454 g/mol. The largest absolute Gasteiger partial charge is 0.366 e. The Hall–Kier alpha value is -3.19. The Labute approximate surface area is 191 Å². The number of likely N-dealkylation sites (tertiary alicyclic amines) is 1. The minimum atomic E-state index is -0.485. The quantitative estimate of drug-likeness (QED) is 0.378. The third-order valence-electron chi connectivity index (χ3n) is 5.95. The van der Waals surface area contributed by atoms with Gasteiger partial charge in [0.05, 0.1) is 17.0 Å². The van der Waals surface area contributed by atoms with Crippen LogP contribution in [0.2, 0.25) is 5.02 Å². The highest BCUT2D eigenvalue weighted by Crippen LogP contribution is 2.36. The SMILES string of the molecule is CC1CC(C)CN(C2=C(c3ccc([N+](=O)[O-])cc3)C(=O)N(Cc3ccc(Cl)cc3)C2=O)C1. The molecule has 0 saturated carbocycles. The number of nitro groups is 1. The molecule has 1 saturated heterocycles. The van der Waals surface area contributed by atoms with Crippen molar-refractivity contribution in [3.8, 4) is 0 Å². The second-order valence-corrected chi connectivity index (χ2v) is 9.14. The predicted octanol–water partition coefficient (Wildman–Crippen LogP) is 4.51. The standard InChI is InChI=1S/C24H24ClN3O4/c1-15-11-16(2)13-26(12-15)22-21(18-5-9-20(10-6-18)28(31)32)23(29)27(24(22)30)14-17-3-7-19(25)8-4-17/h3-10,15-16H,11-14H2,1-2H3. The van der Waals surface area contributed by atoms with Crippen LogP contribution >= 0.6 is 11.6 Å². The summed E-state index contributed by atoms with van der Waals surface area (Å²) in [5, 5.41) is 11.6. The number of nitrogens with zero attached hydrogens (tertiary/aromatic N) is 3. The van der Waals surface area contributed by atoms with Crippen LogP contribution in [0.5, 0.6) is 0 Å². The fourth-order valence-electron chi connectivity index (χ4n) is 4.63. The molecule has 2 atom stereocenters. The Kier molecular flexibility index (Phi) is 6.02. The Morgan fingerprint density at radius 2 is 1.56 bits per heavy atom. The van der Waals surface area contributed by atoms with E-state index in [1.54, 1.807) is 36.4 Å². The Morgan fingerprint density at radius 3 is 2.12 bits per heavy atom. The van der Waals surface area contributed by atoms with E-state index in [2.05, 4.69) is 13.8 Å². The van der Waals surface area contributed by atoms with Crippen molar-refractivity contribution in [1.29, 1.82) is 0 Å². The van der Waals surface area contributed by atoms with Crippen LogP contribution in [0.15, 0.2) is 54.2 Å². The highest BCUT2D eigenvalue weighted by atomic mass is 35.5. The second-order valence-electron chi connectivity index (χ2n) is 8.70. The fourth-order valence-corrected chi connectivity index (χ4v) is 4.75. The lowest BCUT2D eigenvalue weighted by Gasteiger charge is -2.37. The summed E-state index contributed by atoms with van der Waals surface area (Å²) in [6, 6.07) is 12.8. The van der Waals surface area contributed by atoms with Crippen LogP contribution in [-0.4, -0.2) is 39.6 Å². The first-order valence-corrected chi connectivity index (χ1v) is 11.0. The van der Waals surface area contributed by atoms with E-state index in [0.717, 1.165) is 12.0 Å². The molecule has 0 N–H and O–H groups in total. The molecule has 2 unspecified atom stereocenters. The molecular weight excluding hydrogens is 430 g/mol. The first kappa shape index (κ1) is 22.0. The van der Waals surface area contributed by atoms with Gasteiger partial charge in [-0.05, 0) is 53.6 Å². The van der Waals surface area contributed by atoms with Crippen LogP contribution in [0, 0.1) is 22.0 Å². The van der Waals surface area contributed by atoms with E-state index in [1.165, 1.54) is 17.0 Å². The number of hydrogen-bond donors (Lipinski definition) is 0. The third-order valence-corrected chi connectivity index (χ3v) is 6.20. The van der Waals surface area contributed by atoms with Gasteiger partial charge in [-0.2, -0.15) is 0 Å². The van der Waals surface area contributed by atoms with Crippen LogP contribution in [0.3, 0.4) is 0 Å². The number of imide groups is 1. The molecule has 2 heterocycles. The Balaban J connectivity index is 1.74. The molecule has 2 aromatic carbocycles. The number of rotatable bonds is 5. The van der Waals surface area contributed by atoms with Crippen molar-refractivity contribution in [2.45, 2.75) is 26.8 Å². The number of halogens is 1. The molecule has 4 rings (SSSR count). The maximum atomic E-state index is 13.5. The summed E-state index contributed by atoms with van der Waals surface area (Å²) in [6.45, 7) is 5.78. The number of benzene rings is 2. The number of piperidine rings is 1. The van der Waals surface area contributed by atoms with Gasteiger partial charge in [0.2, 0.25) is 0 Å². The van der Waals surface area contributed by atoms with Gasteiger partial charge in [-0.25, -0.2) is 0 Å². The number of non-ortho nitro benzene ring substituents is 1. The molecule has 7 nitrogen and oxygen atoms in total. The van der Waals surface area contributed by atoms with Gasteiger partial charge in [-0.15, -0.1) is 0 Å². The predicted molar refractivity (Wildman–Crippen MR) is 122 cm³/mol. The molecule has 32 heavy (non-hydrogen) atoms. The number of carbonyl (C=O) groups is 2. The number of amides is 2. The van der Waals surface area contributed by atoms with Crippen LogP contribution < -0.4 is 0 Å². The highest BCUT2D eigenvalue weighted by molar-refractivity contribution is 6.35. The van der Waals surface area contributed by atoms with E-state index in [9.17, 15) is 19.7 Å². The smallest absolute Gasteiger partial charge is 0.278 e. The lowest BCUT2D eigenvalue weighted by Crippen LogP contribution is -2.41. The van der Waals surface area contributed by atoms with Gasteiger partial charge < -0.3 is 4.90 Å². The van der Waals surface area contributed by atoms with Crippen molar-refractivity contribution in [3.05, 3.63) is 80.5 Å². The first-order valence-electron chi connectivity index (χ1n) is 10.6. The van der Waals surface area contributed by atoms with Crippen molar-refractivity contribution >= 4 is 34.7 Å². The average Bonchev–Trinajstić information content (AvgIpc) is 2.99. The molecule has 1 fully saturated rings. The van der Waals surface area contributed by atoms with Gasteiger partial charge in [0.25, 0.3) is 17.5 Å². The molecule has 2 aliphatic heterocycles. The van der Waals surface area contributed by atoms with E-state index in [1.807, 2.05) is 4.90 Å². The molecule has 2 aromatic rings. The van der Waals surface area contributed by atoms with Crippen molar-refractivity contribution in [2.24, 2.45) is 11.8 Å². The molecule has 2 aliphatic rings. The zero-order valence-corrected chi connectivity index (χ0v) is 18.7. The topological polar surface area (TPSA) is 83.8 Å². The summed E-state index contributed by atoms with van der Waals surface area (Å²) >= 11 is 5.97. The van der Waals surface area contributed by atoms with E-state index >= 15 is 0 Å². The Bertz CT molecular complexity index is 1090. The minimum Gasteiger partial charge on any atom is -0.366 e. The zero-order chi connectivity index (χ0) is 23.0. The van der Waals surface area contributed by atoms with E-state index < -0.39 is 4.92 Å². The summed E-state index contributed by atoms with van der Waals surface area (Å²) in [7, 11) is 0. The summed E-state index contributed by atoms with van der Waals surface area (Å²) in [5.74, 6) is 0.0504. The van der Waals surface area contributed by atoms with Gasteiger partial charge in [0.1, 0.15) is 5.70 Å². The molecule has 0 bridgehead atoms. The number of nitro benzene ring substituents is 1. The lowest BCUT2D eigenvalue weighted by molar-refractivity contribution is -0.384. The van der Waals surface area contributed by atoms with Crippen molar-refractivity contribution in [3.63, 3.8) is 0 Å². The Morgan fingerprint density at radius 1 is 0.969 bits per heavy atom.